The van der Waals surface area contributed by atoms with Crippen molar-refractivity contribution in [1.29, 1.82) is 0 Å². The third-order valence-electron chi connectivity index (χ3n) is 5.48. The van der Waals surface area contributed by atoms with E-state index in [-0.39, 0.29) is 21.7 Å². The van der Waals surface area contributed by atoms with Gasteiger partial charge in [0.25, 0.3) is 5.91 Å². The van der Waals surface area contributed by atoms with Crippen molar-refractivity contribution in [2.24, 2.45) is 5.73 Å². The first-order chi connectivity index (χ1) is 14.5. The fourth-order valence-electron chi connectivity index (χ4n) is 3.85. The molecule has 0 spiro atoms. The number of benzene rings is 2. The average molecular weight is 467 g/mol. The number of fused-ring (bicyclic) bond motifs is 1. The van der Waals surface area contributed by atoms with Crippen molar-refractivity contribution in [3.63, 3.8) is 0 Å². The molecule has 0 saturated carbocycles. The quantitative estimate of drug-likeness (QED) is 0.670. The number of hydrogen-bond acceptors (Lipinski definition) is 6. The van der Waals surface area contributed by atoms with Crippen LogP contribution in [0.5, 0.6) is 11.5 Å². The zero-order valence-electron chi connectivity index (χ0n) is 17.5. The topological polar surface area (TPSA) is 116 Å². The van der Waals surface area contributed by atoms with Crippen LogP contribution in [0.4, 0.5) is 0 Å². The molecule has 8 nitrogen and oxygen atoms in total. The highest BCUT2D eigenvalue weighted by atomic mass is 35.5. The summed E-state index contributed by atoms with van der Waals surface area (Å²) in [6, 6.07) is 7.74. The van der Waals surface area contributed by atoms with E-state index in [0.29, 0.717) is 18.1 Å². The molecule has 1 aliphatic rings. The third kappa shape index (κ3) is 3.51. The van der Waals surface area contributed by atoms with Crippen LogP contribution in [0.25, 0.3) is 0 Å². The molecule has 2 aromatic rings. The molecule has 0 aliphatic carbocycles. The van der Waals surface area contributed by atoms with Gasteiger partial charge in [-0.1, -0.05) is 23.7 Å². The minimum absolute atomic E-state index is 0.129. The molecule has 0 fully saturated rings. The van der Waals surface area contributed by atoms with Crippen LogP contribution in [-0.4, -0.2) is 45.1 Å². The number of carbonyl (C=O) groups is 2. The van der Waals surface area contributed by atoms with E-state index in [1.807, 2.05) is 0 Å². The van der Waals surface area contributed by atoms with E-state index >= 15 is 0 Å². The Hall–Kier alpha value is -2.78. The van der Waals surface area contributed by atoms with E-state index in [9.17, 15) is 18.0 Å². The molecule has 1 heterocycles. The summed E-state index contributed by atoms with van der Waals surface area (Å²) in [5, 5.41) is 0.151. The zero-order valence-corrected chi connectivity index (χ0v) is 19.1. The summed E-state index contributed by atoms with van der Waals surface area (Å²) in [7, 11) is -2.57. The molecular formula is C21H23ClN2O6S. The Bertz CT molecular complexity index is 1170. The van der Waals surface area contributed by atoms with Gasteiger partial charge in [-0.15, -0.1) is 0 Å². The number of nitrogens with zero attached hydrogens (tertiary/aromatic N) is 1. The van der Waals surface area contributed by atoms with Crippen LogP contribution < -0.4 is 15.2 Å². The van der Waals surface area contributed by atoms with Crippen LogP contribution in [0.1, 0.15) is 41.4 Å². The smallest absolute Gasteiger partial charge is 0.256 e. The van der Waals surface area contributed by atoms with Crippen molar-refractivity contribution in [1.82, 2.24) is 4.90 Å². The van der Waals surface area contributed by atoms with Gasteiger partial charge in [-0.3, -0.25) is 14.5 Å². The Morgan fingerprint density at radius 3 is 2.48 bits per heavy atom. The molecule has 2 atom stereocenters. The largest absolute Gasteiger partial charge is 0.493 e. The predicted molar refractivity (Wildman–Crippen MR) is 116 cm³/mol. The van der Waals surface area contributed by atoms with Gasteiger partial charge >= 0.3 is 0 Å². The standard InChI is InChI=1S/C21H23ClN2O6S/c1-5-30-16-11-12(9-10-15(16)29-3)21(2,31(4,27)28)24-18(19(23)25)17-13(20(24)26)7-6-8-14(17)22/h6-11,18H,5H2,1-4H3,(H2,23,25). The minimum Gasteiger partial charge on any atom is -0.493 e. The Labute approximate surface area is 185 Å². The lowest BCUT2D eigenvalue weighted by atomic mass is 10.0. The van der Waals surface area contributed by atoms with Gasteiger partial charge in [0.2, 0.25) is 5.91 Å². The molecule has 3 rings (SSSR count). The Kier molecular flexibility index (Phi) is 5.94. The lowest BCUT2D eigenvalue weighted by Crippen LogP contribution is -2.53. The fourth-order valence-corrected chi connectivity index (χ4v) is 5.23. The zero-order chi connectivity index (χ0) is 23.1. The summed E-state index contributed by atoms with van der Waals surface area (Å²) in [6.45, 7) is 3.43. The van der Waals surface area contributed by atoms with Crippen molar-refractivity contribution in [2.75, 3.05) is 20.0 Å². The van der Waals surface area contributed by atoms with Crippen molar-refractivity contribution in [3.05, 3.63) is 58.1 Å². The van der Waals surface area contributed by atoms with Crippen LogP contribution in [0, 0.1) is 0 Å². The number of nitrogens with two attached hydrogens (primary N) is 1. The number of methoxy groups -OCH3 is 1. The number of halogens is 1. The second-order valence-corrected chi connectivity index (χ2v) is 9.98. The summed E-state index contributed by atoms with van der Waals surface area (Å²) in [4.78, 5) is 24.9. The summed E-state index contributed by atoms with van der Waals surface area (Å²) < 4.78 is 37.2. The maximum atomic E-state index is 13.4. The number of amides is 2. The van der Waals surface area contributed by atoms with Crippen LogP contribution in [0.15, 0.2) is 36.4 Å². The minimum atomic E-state index is -4.02. The van der Waals surface area contributed by atoms with E-state index in [0.717, 1.165) is 11.2 Å². The van der Waals surface area contributed by atoms with Gasteiger partial charge in [0.15, 0.2) is 26.2 Å². The first-order valence-electron chi connectivity index (χ1n) is 9.41. The molecule has 0 radical (unpaired) electrons. The lowest BCUT2D eigenvalue weighted by molar-refractivity contribution is -0.123. The van der Waals surface area contributed by atoms with E-state index in [2.05, 4.69) is 0 Å². The van der Waals surface area contributed by atoms with Gasteiger partial charge in [0, 0.05) is 22.4 Å². The number of rotatable bonds is 7. The molecule has 0 saturated heterocycles. The van der Waals surface area contributed by atoms with Gasteiger partial charge < -0.3 is 15.2 Å². The Morgan fingerprint density at radius 1 is 1.26 bits per heavy atom. The van der Waals surface area contributed by atoms with Gasteiger partial charge in [-0.25, -0.2) is 8.42 Å². The van der Waals surface area contributed by atoms with Crippen molar-refractivity contribution in [2.45, 2.75) is 24.8 Å². The summed E-state index contributed by atoms with van der Waals surface area (Å²) in [6.07, 6.45) is 0.994. The highest BCUT2D eigenvalue weighted by molar-refractivity contribution is 7.91. The SMILES string of the molecule is CCOc1cc(C(C)(N2C(=O)c3cccc(Cl)c3C2C(N)=O)S(C)(=O)=O)ccc1OC. The van der Waals surface area contributed by atoms with Crippen LogP contribution in [0.3, 0.4) is 0 Å². The highest BCUT2D eigenvalue weighted by Crippen LogP contribution is 2.48. The number of primary amides is 1. The second kappa shape index (κ2) is 8.05. The van der Waals surface area contributed by atoms with Gasteiger partial charge in [0.05, 0.1) is 13.7 Å². The molecule has 2 unspecified atom stereocenters. The number of sulfone groups is 1. The van der Waals surface area contributed by atoms with E-state index in [1.54, 1.807) is 19.1 Å². The number of carbonyl (C=O) groups excluding carboxylic acids is 2. The first-order valence-corrected chi connectivity index (χ1v) is 11.7. The van der Waals surface area contributed by atoms with Gasteiger partial charge in [0.1, 0.15) is 6.04 Å². The molecule has 166 valence electrons. The molecule has 0 bridgehead atoms. The molecule has 10 heteroatoms. The molecular weight excluding hydrogens is 444 g/mol. The van der Waals surface area contributed by atoms with E-state index < -0.39 is 32.6 Å². The molecule has 2 N–H and O–H groups in total. The molecule has 1 aliphatic heterocycles. The van der Waals surface area contributed by atoms with Crippen molar-refractivity contribution in [3.8, 4) is 11.5 Å². The average Bonchev–Trinajstić information content (AvgIpc) is 3.01. The Morgan fingerprint density at radius 2 is 1.94 bits per heavy atom. The normalized spacial score (nSPS) is 17.8. The van der Waals surface area contributed by atoms with E-state index in [1.165, 1.54) is 38.3 Å². The van der Waals surface area contributed by atoms with Crippen LogP contribution in [-0.2, 0) is 19.5 Å². The van der Waals surface area contributed by atoms with Crippen molar-refractivity contribution < 1.29 is 27.5 Å². The number of ether oxygens (including phenoxy) is 2. The Balaban J connectivity index is 2.32. The molecule has 0 aromatic heterocycles. The van der Waals surface area contributed by atoms with Crippen LogP contribution >= 0.6 is 11.6 Å². The van der Waals surface area contributed by atoms with E-state index in [4.69, 9.17) is 26.8 Å². The lowest BCUT2D eigenvalue weighted by Gasteiger charge is -2.40. The summed E-state index contributed by atoms with van der Waals surface area (Å²) >= 11 is 6.28. The van der Waals surface area contributed by atoms with Crippen LogP contribution in [0.2, 0.25) is 5.02 Å². The molecule has 2 aromatic carbocycles. The van der Waals surface area contributed by atoms with Crippen molar-refractivity contribution >= 4 is 33.3 Å². The first kappa shape index (κ1) is 22.9. The predicted octanol–water partition coefficient (Wildman–Crippen LogP) is 2.65. The van der Waals surface area contributed by atoms with Gasteiger partial charge in [-0.2, -0.15) is 0 Å². The second-order valence-electron chi connectivity index (χ2n) is 7.23. The fraction of sp³-hybridized carbons (Fsp3) is 0.333. The third-order valence-corrected chi connectivity index (χ3v) is 7.69. The summed E-state index contributed by atoms with van der Waals surface area (Å²) in [5.41, 5.74) is 6.17. The molecule has 31 heavy (non-hydrogen) atoms. The molecule has 2 amide bonds. The maximum Gasteiger partial charge on any atom is 0.256 e. The summed E-state index contributed by atoms with van der Waals surface area (Å²) in [5.74, 6) is -0.862. The van der Waals surface area contributed by atoms with Gasteiger partial charge in [-0.05, 0) is 43.7 Å². The number of hydrogen-bond donors (Lipinski definition) is 1. The highest BCUT2D eigenvalue weighted by Gasteiger charge is 2.55. The maximum absolute atomic E-state index is 13.4. The monoisotopic (exact) mass is 466 g/mol.